The normalized spacial score (nSPS) is 11.1. The number of hydrogen-bond donors (Lipinski definition) is 1. The molecule has 1 heterocycles. The summed E-state index contributed by atoms with van der Waals surface area (Å²) in [6.07, 6.45) is 1.61. The third-order valence-corrected chi connectivity index (χ3v) is 5.44. The molecule has 0 bridgehead atoms. The molecule has 0 saturated carbocycles. The van der Waals surface area contributed by atoms with E-state index in [0.29, 0.717) is 5.16 Å². The van der Waals surface area contributed by atoms with Crippen molar-refractivity contribution in [2.75, 3.05) is 5.75 Å². The van der Waals surface area contributed by atoms with E-state index >= 15 is 0 Å². The monoisotopic (exact) mass is 457 g/mol. The topological polar surface area (TPSA) is 72.2 Å². The Morgan fingerprint density at radius 1 is 1.18 bits per heavy atom. The molecule has 0 unspecified atom stereocenters. The third-order valence-electron chi connectivity index (χ3n) is 3.95. The average molecular weight is 458 g/mol. The molecule has 1 N–H and O–H groups in total. The van der Waals surface area contributed by atoms with Gasteiger partial charge in [-0.25, -0.2) is 5.43 Å². The van der Waals surface area contributed by atoms with Crippen molar-refractivity contribution in [2.24, 2.45) is 5.10 Å². The van der Waals surface area contributed by atoms with Gasteiger partial charge in [-0.3, -0.25) is 4.79 Å². The Kier molecular flexibility index (Phi) is 7.00. The molecule has 0 saturated heterocycles. The lowest BCUT2D eigenvalue weighted by Crippen LogP contribution is -2.20. The molecule has 144 valence electrons. The SMILES string of the molecule is CCn1c(SCC(=O)N/N=C\c2ccc(Br)cc2)nnc1-c1ccc(C)cc1. The van der Waals surface area contributed by atoms with E-state index in [1.54, 1.807) is 6.21 Å². The van der Waals surface area contributed by atoms with Gasteiger partial charge in [-0.2, -0.15) is 5.10 Å². The molecule has 2 aromatic carbocycles. The van der Waals surface area contributed by atoms with Crippen LogP contribution >= 0.6 is 27.7 Å². The van der Waals surface area contributed by atoms with Crippen LogP contribution in [0.5, 0.6) is 0 Å². The number of halogens is 1. The number of nitrogens with zero attached hydrogens (tertiary/aromatic N) is 4. The standard InChI is InChI=1S/C20H20BrN5OS/c1-3-26-19(16-8-4-14(2)5-9-16)24-25-20(26)28-13-18(27)23-22-12-15-6-10-17(21)11-7-15/h4-12H,3,13H2,1-2H3,(H,23,27)/b22-12-. The molecule has 0 spiro atoms. The number of thioether (sulfide) groups is 1. The zero-order chi connectivity index (χ0) is 19.9. The molecule has 8 heteroatoms. The van der Waals surface area contributed by atoms with Gasteiger partial charge in [0.05, 0.1) is 12.0 Å². The van der Waals surface area contributed by atoms with Gasteiger partial charge in [0, 0.05) is 16.6 Å². The van der Waals surface area contributed by atoms with E-state index in [-0.39, 0.29) is 11.7 Å². The molecule has 1 aromatic heterocycles. The first-order valence-electron chi connectivity index (χ1n) is 8.77. The van der Waals surface area contributed by atoms with Crippen molar-refractivity contribution < 1.29 is 4.79 Å². The highest BCUT2D eigenvalue weighted by molar-refractivity contribution is 9.10. The van der Waals surface area contributed by atoms with Crippen LogP contribution in [0.4, 0.5) is 0 Å². The van der Waals surface area contributed by atoms with Crippen molar-refractivity contribution in [3.05, 3.63) is 64.1 Å². The number of carbonyl (C=O) groups is 1. The van der Waals surface area contributed by atoms with Crippen LogP contribution in [0.15, 0.2) is 63.3 Å². The molecule has 3 aromatic rings. The number of aryl methyl sites for hydroxylation is 1. The quantitative estimate of drug-likeness (QED) is 0.326. The summed E-state index contributed by atoms with van der Waals surface area (Å²) >= 11 is 4.72. The minimum Gasteiger partial charge on any atom is -0.302 e. The third kappa shape index (κ3) is 5.30. The number of amides is 1. The van der Waals surface area contributed by atoms with Crippen LogP contribution in [0.3, 0.4) is 0 Å². The van der Waals surface area contributed by atoms with E-state index in [4.69, 9.17) is 0 Å². The fraction of sp³-hybridized carbons (Fsp3) is 0.200. The number of hydrazone groups is 1. The molecule has 0 aliphatic heterocycles. The maximum atomic E-state index is 12.1. The Labute approximate surface area is 176 Å². The van der Waals surface area contributed by atoms with Crippen LogP contribution < -0.4 is 5.43 Å². The van der Waals surface area contributed by atoms with E-state index in [9.17, 15) is 4.79 Å². The molecule has 1 amide bonds. The van der Waals surface area contributed by atoms with E-state index in [2.05, 4.69) is 36.7 Å². The van der Waals surface area contributed by atoms with Crippen LogP contribution in [-0.4, -0.2) is 32.6 Å². The maximum absolute atomic E-state index is 12.1. The van der Waals surface area contributed by atoms with Crippen LogP contribution in [0.25, 0.3) is 11.4 Å². The van der Waals surface area contributed by atoms with Gasteiger partial charge in [0.25, 0.3) is 5.91 Å². The summed E-state index contributed by atoms with van der Waals surface area (Å²) in [6, 6.07) is 15.8. The van der Waals surface area contributed by atoms with Gasteiger partial charge in [0.15, 0.2) is 11.0 Å². The van der Waals surface area contributed by atoms with Gasteiger partial charge in [0.1, 0.15) is 0 Å². The second kappa shape index (κ2) is 9.66. The second-order valence-electron chi connectivity index (χ2n) is 6.05. The lowest BCUT2D eigenvalue weighted by atomic mass is 10.1. The van der Waals surface area contributed by atoms with Crippen molar-refractivity contribution in [3.8, 4) is 11.4 Å². The van der Waals surface area contributed by atoms with Crippen molar-refractivity contribution >= 4 is 39.8 Å². The summed E-state index contributed by atoms with van der Waals surface area (Å²) in [5.74, 6) is 0.823. The zero-order valence-corrected chi connectivity index (χ0v) is 18.0. The average Bonchev–Trinajstić information content (AvgIpc) is 3.11. The molecule has 0 radical (unpaired) electrons. The summed E-state index contributed by atoms with van der Waals surface area (Å²) in [5.41, 5.74) is 5.65. The van der Waals surface area contributed by atoms with Crippen LogP contribution in [-0.2, 0) is 11.3 Å². The summed E-state index contributed by atoms with van der Waals surface area (Å²) in [4.78, 5) is 12.1. The summed E-state index contributed by atoms with van der Waals surface area (Å²) in [6.45, 7) is 4.81. The molecule has 28 heavy (non-hydrogen) atoms. The number of rotatable bonds is 7. The smallest absolute Gasteiger partial charge is 0.250 e. The summed E-state index contributed by atoms with van der Waals surface area (Å²) in [5, 5.41) is 13.3. The Hall–Kier alpha value is -2.45. The highest BCUT2D eigenvalue weighted by Crippen LogP contribution is 2.24. The lowest BCUT2D eigenvalue weighted by Gasteiger charge is -2.07. The second-order valence-corrected chi connectivity index (χ2v) is 7.91. The largest absolute Gasteiger partial charge is 0.302 e. The molecule has 0 aliphatic carbocycles. The first-order valence-corrected chi connectivity index (χ1v) is 10.5. The van der Waals surface area contributed by atoms with Gasteiger partial charge in [0.2, 0.25) is 0 Å². The molecule has 6 nitrogen and oxygen atoms in total. The van der Waals surface area contributed by atoms with E-state index in [1.807, 2.05) is 66.9 Å². The Morgan fingerprint density at radius 2 is 1.89 bits per heavy atom. The van der Waals surface area contributed by atoms with Crippen molar-refractivity contribution in [2.45, 2.75) is 25.5 Å². The summed E-state index contributed by atoms with van der Waals surface area (Å²) in [7, 11) is 0. The van der Waals surface area contributed by atoms with E-state index in [0.717, 1.165) is 28.0 Å². The minimum absolute atomic E-state index is 0.194. The number of benzene rings is 2. The predicted octanol–water partition coefficient (Wildman–Crippen LogP) is 4.28. The highest BCUT2D eigenvalue weighted by Gasteiger charge is 2.14. The van der Waals surface area contributed by atoms with Crippen molar-refractivity contribution in [1.29, 1.82) is 0 Å². The van der Waals surface area contributed by atoms with Gasteiger partial charge >= 0.3 is 0 Å². The molecule has 0 atom stereocenters. The van der Waals surface area contributed by atoms with Gasteiger partial charge in [-0.1, -0.05) is 69.7 Å². The molecule has 3 rings (SSSR count). The van der Waals surface area contributed by atoms with Gasteiger partial charge in [-0.15, -0.1) is 10.2 Å². The number of aromatic nitrogens is 3. The first-order chi connectivity index (χ1) is 13.6. The van der Waals surface area contributed by atoms with E-state index in [1.165, 1.54) is 17.3 Å². The Balaban J connectivity index is 1.58. The molecule has 0 fully saturated rings. The first kappa shape index (κ1) is 20.3. The Morgan fingerprint density at radius 3 is 2.57 bits per heavy atom. The fourth-order valence-electron chi connectivity index (χ4n) is 2.49. The zero-order valence-electron chi connectivity index (χ0n) is 15.6. The maximum Gasteiger partial charge on any atom is 0.250 e. The molecular formula is C20H20BrN5OS. The number of nitrogens with one attached hydrogen (secondary N) is 1. The van der Waals surface area contributed by atoms with Crippen LogP contribution in [0.2, 0.25) is 0 Å². The van der Waals surface area contributed by atoms with Crippen LogP contribution in [0.1, 0.15) is 18.1 Å². The predicted molar refractivity (Wildman–Crippen MR) is 116 cm³/mol. The number of hydrogen-bond acceptors (Lipinski definition) is 5. The summed E-state index contributed by atoms with van der Waals surface area (Å²) < 4.78 is 3.00. The van der Waals surface area contributed by atoms with Gasteiger partial charge in [-0.05, 0) is 31.5 Å². The lowest BCUT2D eigenvalue weighted by molar-refractivity contribution is -0.118. The van der Waals surface area contributed by atoms with E-state index < -0.39 is 0 Å². The molecular weight excluding hydrogens is 438 g/mol. The van der Waals surface area contributed by atoms with Gasteiger partial charge < -0.3 is 4.57 Å². The highest BCUT2D eigenvalue weighted by atomic mass is 79.9. The Bertz CT molecular complexity index is 967. The van der Waals surface area contributed by atoms with Crippen LogP contribution in [0, 0.1) is 6.92 Å². The number of carbonyl (C=O) groups excluding carboxylic acids is 1. The van der Waals surface area contributed by atoms with Crippen molar-refractivity contribution in [1.82, 2.24) is 20.2 Å². The molecule has 0 aliphatic rings. The fourth-order valence-corrected chi connectivity index (χ4v) is 3.55. The minimum atomic E-state index is -0.194. The van der Waals surface area contributed by atoms with Crippen molar-refractivity contribution in [3.63, 3.8) is 0 Å².